The fraction of sp³-hybridized carbons (Fsp3) is 0.321. The van der Waals surface area contributed by atoms with E-state index in [-0.39, 0.29) is 23.9 Å². The van der Waals surface area contributed by atoms with E-state index in [1.54, 1.807) is 30.8 Å². The predicted octanol–water partition coefficient (Wildman–Crippen LogP) is 4.60. The van der Waals surface area contributed by atoms with E-state index in [4.69, 9.17) is 9.47 Å². The molecule has 4 rings (SSSR count). The van der Waals surface area contributed by atoms with Gasteiger partial charge in [0, 0.05) is 12.8 Å². The van der Waals surface area contributed by atoms with E-state index >= 15 is 0 Å². The maximum absolute atomic E-state index is 13.5. The number of aryl methyl sites for hydroxylation is 1. The summed E-state index contributed by atoms with van der Waals surface area (Å²) in [5, 5.41) is 2.91. The van der Waals surface area contributed by atoms with Crippen molar-refractivity contribution in [1.29, 1.82) is 0 Å². The van der Waals surface area contributed by atoms with E-state index in [1.807, 2.05) is 31.2 Å². The molecule has 0 radical (unpaired) electrons. The predicted molar refractivity (Wildman–Crippen MR) is 140 cm³/mol. The van der Waals surface area contributed by atoms with Gasteiger partial charge in [-0.2, -0.15) is 0 Å². The van der Waals surface area contributed by atoms with Crippen LogP contribution in [0.15, 0.2) is 53.6 Å². The zero-order valence-corrected chi connectivity index (χ0v) is 21.3. The third-order valence-electron chi connectivity index (χ3n) is 5.98. The Morgan fingerprint density at radius 1 is 1.17 bits per heavy atom. The number of aromatic amines is 1. The highest BCUT2D eigenvalue weighted by atomic mass is 16.5. The fourth-order valence-corrected chi connectivity index (χ4v) is 4.30. The lowest BCUT2D eigenvalue weighted by atomic mass is 10.0. The van der Waals surface area contributed by atoms with E-state index in [1.165, 1.54) is 0 Å². The first-order valence-corrected chi connectivity index (χ1v) is 12.0. The quantitative estimate of drug-likeness (QED) is 0.359. The molecule has 36 heavy (non-hydrogen) atoms. The number of carbonyl (C=O) groups is 1. The summed E-state index contributed by atoms with van der Waals surface area (Å²) in [6.45, 7) is 8.75. The summed E-state index contributed by atoms with van der Waals surface area (Å²) >= 11 is 0. The van der Waals surface area contributed by atoms with Crippen LogP contribution in [0.3, 0.4) is 0 Å². The number of amides is 1. The second kappa shape index (κ2) is 10.8. The molecule has 0 atom stereocenters. The number of imidazole rings is 1. The van der Waals surface area contributed by atoms with Crippen LogP contribution in [0.2, 0.25) is 0 Å². The summed E-state index contributed by atoms with van der Waals surface area (Å²) in [5.74, 6) is 0.337. The SMILES string of the molecule is CCOc1cc(C)[nH]c(=O)c1CNC(=O)c1cc(-c2cccc(COC)c2)cc2c(C(C)C)ncn12. The standard InChI is InChI=1S/C28H32N4O4/c1-6-36-25-10-18(4)31-27(33)22(25)14-29-28(34)24-13-21(20-9-7-8-19(11-20)15-35-5)12-23-26(17(2)3)30-16-32(23)24/h7-13,16-17H,6,14-15H2,1-5H3,(H,29,34)(H,31,33). The number of rotatable bonds is 9. The second-order valence-corrected chi connectivity index (χ2v) is 9.04. The van der Waals surface area contributed by atoms with Crippen molar-refractivity contribution in [2.75, 3.05) is 13.7 Å². The van der Waals surface area contributed by atoms with Gasteiger partial charge in [-0.1, -0.05) is 32.0 Å². The number of hydrogen-bond acceptors (Lipinski definition) is 5. The summed E-state index contributed by atoms with van der Waals surface area (Å²) in [6.07, 6.45) is 1.68. The molecule has 8 heteroatoms. The van der Waals surface area contributed by atoms with Gasteiger partial charge >= 0.3 is 0 Å². The molecule has 4 aromatic rings. The molecule has 0 aliphatic rings. The van der Waals surface area contributed by atoms with E-state index in [9.17, 15) is 9.59 Å². The minimum atomic E-state index is -0.315. The number of H-pyrrole nitrogens is 1. The summed E-state index contributed by atoms with van der Waals surface area (Å²) in [4.78, 5) is 33.4. The number of pyridine rings is 2. The van der Waals surface area contributed by atoms with Gasteiger partial charge in [0.25, 0.3) is 11.5 Å². The van der Waals surface area contributed by atoms with Gasteiger partial charge in [0.05, 0.1) is 36.5 Å². The third-order valence-corrected chi connectivity index (χ3v) is 5.98. The highest BCUT2D eigenvalue weighted by Crippen LogP contribution is 2.28. The summed E-state index contributed by atoms with van der Waals surface area (Å²) < 4.78 is 12.7. The largest absolute Gasteiger partial charge is 0.493 e. The molecule has 188 valence electrons. The molecule has 3 aromatic heterocycles. The summed E-state index contributed by atoms with van der Waals surface area (Å²) in [7, 11) is 1.67. The van der Waals surface area contributed by atoms with Crippen LogP contribution in [0.25, 0.3) is 16.6 Å². The average molecular weight is 489 g/mol. The molecule has 0 saturated carbocycles. The van der Waals surface area contributed by atoms with Gasteiger partial charge in [0.1, 0.15) is 17.8 Å². The van der Waals surface area contributed by atoms with E-state index in [0.29, 0.717) is 35.9 Å². The Labute approximate surface area is 210 Å². The Bertz CT molecular complexity index is 1450. The monoisotopic (exact) mass is 488 g/mol. The molecule has 1 amide bonds. The zero-order valence-electron chi connectivity index (χ0n) is 21.3. The number of fused-ring (bicyclic) bond motifs is 1. The van der Waals surface area contributed by atoms with E-state index in [2.05, 4.69) is 41.3 Å². The molecule has 0 bridgehead atoms. The maximum Gasteiger partial charge on any atom is 0.268 e. The molecule has 0 aliphatic heterocycles. The molecule has 8 nitrogen and oxygen atoms in total. The van der Waals surface area contributed by atoms with Gasteiger partial charge in [-0.25, -0.2) is 4.98 Å². The van der Waals surface area contributed by atoms with Crippen LogP contribution in [-0.2, 0) is 17.9 Å². The number of ether oxygens (including phenoxy) is 2. The van der Waals surface area contributed by atoms with Gasteiger partial charge in [-0.15, -0.1) is 0 Å². The van der Waals surface area contributed by atoms with Gasteiger partial charge in [0.2, 0.25) is 0 Å². The lowest BCUT2D eigenvalue weighted by Crippen LogP contribution is -2.29. The van der Waals surface area contributed by atoms with Crippen LogP contribution in [-0.4, -0.2) is 34.0 Å². The molecule has 0 unspecified atom stereocenters. The first kappa shape index (κ1) is 25.2. The zero-order chi connectivity index (χ0) is 25.8. The molecular formula is C28H32N4O4. The lowest BCUT2D eigenvalue weighted by molar-refractivity contribution is 0.0944. The van der Waals surface area contributed by atoms with Crippen molar-refractivity contribution in [2.45, 2.75) is 46.8 Å². The molecule has 0 spiro atoms. The van der Waals surface area contributed by atoms with Gasteiger partial charge < -0.3 is 19.8 Å². The van der Waals surface area contributed by atoms with Crippen molar-refractivity contribution in [3.63, 3.8) is 0 Å². The van der Waals surface area contributed by atoms with Gasteiger partial charge in [-0.05, 0) is 60.7 Å². The summed E-state index contributed by atoms with van der Waals surface area (Å²) in [6, 6.07) is 13.7. The molecule has 2 N–H and O–H groups in total. The number of hydrogen-bond donors (Lipinski definition) is 2. The third kappa shape index (κ3) is 5.18. The topological polar surface area (TPSA) is 97.7 Å². The first-order valence-electron chi connectivity index (χ1n) is 12.0. The highest BCUT2D eigenvalue weighted by Gasteiger charge is 2.19. The van der Waals surface area contributed by atoms with Crippen LogP contribution in [0.5, 0.6) is 5.75 Å². The number of nitrogens with zero attached hydrogens (tertiary/aromatic N) is 2. The fourth-order valence-electron chi connectivity index (χ4n) is 4.30. The number of aromatic nitrogens is 3. The van der Waals surface area contributed by atoms with Crippen molar-refractivity contribution < 1.29 is 14.3 Å². The Morgan fingerprint density at radius 2 is 1.97 bits per heavy atom. The molecular weight excluding hydrogens is 456 g/mol. The Morgan fingerprint density at radius 3 is 2.69 bits per heavy atom. The van der Waals surface area contributed by atoms with Crippen LogP contribution in [0.1, 0.15) is 59.7 Å². The molecule has 1 aromatic carbocycles. The number of carbonyl (C=O) groups excluding carboxylic acids is 1. The normalized spacial score (nSPS) is 11.3. The van der Waals surface area contributed by atoms with Gasteiger partial charge in [-0.3, -0.25) is 14.0 Å². The molecule has 0 aliphatic carbocycles. The highest BCUT2D eigenvalue weighted by molar-refractivity contribution is 5.95. The Kier molecular flexibility index (Phi) is 7.55. The van der Waals surface area contributed by atoms with Crippen molar-refractivity contribution >= 4 is 11.4 Å². The summed E-state index contributed by atoms with van der Waals surface area (Å²) in [5.41, 5.74) is 5.92. The Hall–Kier alpha value is -3.91. The first-order chi connectivity index (χ1) is 17.3. The maximum atomic E-state index is 13.5. The van der Waals surface area contributed by atoms with Crippen molar-refractivity contribution in [2.24, 2.45) is 0 Å². The van der Waals surface area contributed by atoms with E-state index in [0.717, 1.165) is 27.9 Å². The molecule has 3 heterocycles. The average Bonchev–Trinajstić information content (AvgIpc) is 3.28. The number of methoxy groups -OCH3 is 1. The number of benzene rings is 1. The van der Waals surface area contributed by atoms with Crippen LogP contribution >= 0.6 is 0 Å². The van der Waals surface area contributed by atoms with Crippen LogP contribution in [0.4, 0.5) is 0 Å². The van der Waals surface area contributed by atoms with Crippen molar-refractivity contribution in [3.8, 4) is 16.9 Å². The minimum absolute atomic E-state index is 0.0323. The van der Waals surface area contributed by atoms with Crippen molar-refractivity contribution in [3.05, 3.63) is 87.4 Å². The van der Waals surface area contributed by atoms with Crippen molar-refractivity contribution in [1.82, 2.24) is 19.7 Å². The van der Waals surface area contributed by atoms with Crippen LogP contribution in [0, 0.1) is 6.92 Å². The lowest BCUT2D eigenvalue weighted by Gasteiger charge is -2.14. The molecule has 0 fully saturated rings. The number of nitrogens with one attached hydrogen (secondary N) is 2. The second-order valence-electron chi connectivity index (χ2n) is 9.04. The smallest absolute Gasteiger partial charge is 0.268 e. The van der Waals surface area contributed by atoms with Gasteiger partial charge in [0.15, 0.2) is 0 Å². The molecule has 0 saturated heterocycles. The Balaban J connectivity index is 1.75. The minimum Gasteiger partial charge on any atom is -0.493 e. The van der Waals surface area contributed by atoms with Crippen LogP contribution < -0.4 is 15.6 Å². The van der Waals surface area contributed by atoms with E-state index < -0.39 is 0 Å².